The lowest BCUT2D eigenvalue weighted by Crippen LogP contribution is -2.51. The Kier molecular flexibility index (Phi) is 7.04. The summed E-state index contributed by atoms with van der Waals surface area (Å²) >= 11 is 3.41. The average molecular weight is 429 g/mol. The largest absolute Gasteiger partial charge is 0.339 e. The lowest BCUT2D eigenvalue weighted by molar-refractivity contribution is -0.139. The first-order chi connectivity index (χ1) is 13.1. The summed E-state index contributed by atoms with van der Waals surface area (Å²) in [6, 6.07) is 18.1. The third kappa shape index (κ3) is 5.93. The van der Waals surface area contributed by atoms with E-state index in [1.807, 2.05) is 52.3 Å². The molecule has 0 radical (unpaired) electrons. The van der Waals surface area contributed by atoms with Crippen molar-refractivity contribution >= 4 is 27.7 Å². The molecule has 0 aliphatic carbocycles. The average Bonchev–Trinajstić information content (AvgIpc) is 2.70. The molecule has 0 N–H and O–H groups in total. The third-order valence-corrected chi connectivity index (χ3v) is 5.48. The Hall–Kier alpha value is -2.14. The topological polar surface area (TPSA) is 40.6 Å². The second kappa shape index (κ2) is 9.70. The molecule has 0 saturated carbocycles. The normalized spacial score (nSPS) is 14.3. The van der Waals surface area contributed by atoms with Gasteiger partial charge in [-0.1, -0.05) is 58.4 Å². The zero-order chi connectivity index (χ0) is 19.1. The van der Waals surface area contributed by atoms with Crippen molar-refractivity contribution in [2.75, 3.05) is 26.2 Å². The predicted molar refractivity (Wildman–Crippen MR) is 110 cm³/mol. The van der Waals surface area contributed by atoms with Crippen molar-refractivity contribution in [2.45, 2.75) is 25.7 Å². The van der Waals surface area contributed by atoms with Crippen LogP contribution in [0.1, 0.15) is 24.0 Å². The highest BCUT2D eigenvalue weighted by atomic mass is 79.9. The van der Waals surface area contributed by atoms with Gasteiger partial charge in [0.1, 0.15) is 0 Å². The summed E-state index contributed by atoms with van der Waals surface area (Å²) in [5.74, 6) is 0.333. The van der Waals surface area contributed by atoms with Crippen molar-refractivity contribution in [1.82, 2.24) is 9.80 Å². The highest BCUT2D eigenvalue weighted by molar-refractivity contribution is 9.10. The fraction of sp³-hybridized carbons (Fsp3) is 0.364. The highest BCUT2D eigenvalue weighted by Gasteiger charge is 2.23. The van der Waals surface area contributed by atoms with E-state index < -0.39 is 0 Å². The summed E-state index contributed by atoms with van der Waals surface area (Å²) in [7, 11) is 0. The number of piperazine rings is 1. The predicted octanol–water partition coefficient (Wildman–Crippen LogP) is 3.69. The SMILES string of the molecule is O=C(CCCc1ccccc1)N1CCN(C(=O)Cc2ccc(Br)cc2)CC1. The van der Waals surface area contributed by atoms with Gasteiger partial charge in [-0.05, 0) is 36.1 Å². The van der Waals surface area contributed by atoms with E-state index in [0.717, 1.165) is 22.9 Å². The summed E-state index contributed by atoms with van der Waals surface area (Å²) in [6.45, 7) is 2.52. The van der Waals surface area contributed by atoms with Gasteiger partial charge in [0.15, 0.2) is 0 Å². The van der Waals surface area contributed by atoms with Crippen LogP contribution in [-0.4, -0.2) is 47.8 Å². The van der Waals surface area contributed by atoms with Gasteiger partial charge in [-0.25, -0.2) is 0 Å². The molecule has 3 rings (SSSR count). The molecule has 142 valence electrons. The first-order valence-electron chi connectivity index (χ1n) is 9.46. The molecule has 2 aromatic rings. The molecule has 4 nitrogen and oxygen atoms in total. The van der Waals surface area contributed by atoms with Crippen LogP contribution in [0.4, 0.5) is 0 Å². The first-order valence-corrected chi connectivity index (χ1v) is 10.2. The number of carbonyl (C=O) groups is 2. The van der Waals surface area contributed by atoms with E-state index in [-0.39, 0.29) is 11.8 Å². The van der Waals surface area contributed by atoms with Crippen LogP contribution in [0.25, 0.3) is 0 Å². The maximum atomic E-state index is 12.5. The van der Waals surface area contributed by atoms with Gasteiger partial charge >= 0.3 is 0 Å². The van der Waals surface area contributed by atoms with Gasteiger partial charge in [-0.2, -0.15) is 0 Å². The van der Waals surface area contributed by atoms with Crippen LogP contribution in [0.3, 0.4) is 0 Å². The maximum absolute atomic E-state index is 12.5. The number of amides is 2. The van der Waals surface area contributed by atoms with Crippen LogP contribution in [0.5, 0.6) is 0 Å². The van der Waals surface area contributed by atoms with Gasteiger partial charge in [-0.15, -0.1) is 0 Å². The van der Waals surface area contributed by atoms with Crippen molar-refractivity contribution in [2.24, 2.45) is 0 Å². The lowest BCUT2D eigenvalue weighted by Gasteiger charge is -2.35. The summed E-state index contributed by atoms with van der Waals surface area (Å²) in [6.07, 6.45) is 2.78. The van der Waals surface area contributed by atoms with Gasteiger partial charge in [0.25, 0.3) is 0 Å². The molecule has 1 saturated heterocycles. The first kappa shape index (κ1) is 19.6. The molecule has 1 aliphatic heterocycles. The fourth-order valence-corrected chi connectivity index (χ4v) is 3.60. The van der Waals surface area contributed by atoms with Gasteiger partial charge in [0.05, 0.1) is 6.42 Å². The van der Waals surface area contributed by atoms with Gasteiger partial charge < -0.3 is 9.80 Å². The zero-order valence-electron chi connectivity index (χ0n) is 15.4. The fourth-order valence-electron chi connectivity index (χ4n) is 3.34. The quantitative estimate of drug-likeness (QED) is 0.703. The second-order valence-corrected chi connectivity index (χ2v) is 7.82. The van der Waals surface area contributed by atoms with Crippen LogP contribution < -0.4 is 0 Å². The van der Waals surface area contributed by atoms with E-state index in [9.17, 15) is 9.59 Å². The van der Waals surface area contributed by atoms with Crippen LogP contribution in [-0.2, 0) is 22.4 Å². The van der Waals surface area contributed by atoms with Crippen molar-refractivity contribution in [1.29, 1.82) is 0 Å². The van der Waals surface area contributed by atoms with Crippen LogP contribution in [0.15, 0.2) is 59.1 Å². The van der Waals surface area contributed by atoms with Gasteiger partial charge in [0, 0.05) is 37.1 Å². The molecule has 0 aromatic heterocycles. The Labute approximate surface area is 169 Å². The van der Waals surface area contributed by atoms with Gasteiger partial charge in [-0.3, -0.25) is 9.59 Å². The van der Waals surface area contributed by atoms with Crippen LogP contribution >= 0.6 is 15.9 Å². The number of halogens is 1. The van der Waals surface area contributed by atoms with E-state index in [0.29, 0.717) is 39.0 Å². The van der Waals surface area contributed by atoms with Crippen molar-refractivity contribution < 1.29 is 9.59 Å². The molecular formula is C22H25BrN2O2. The Bertz CT molecular complexity index is 754. The molecule has 1 heterocycles. The Morgan fingerprint density at radius 1 is 0.778 bits per heavy atom. The molecule has 27 heavy (non-hydrogen) atoms. The number of rotatable bonds is 6. The number of nitrogens with zero attached hydrogens (tertiary/aromatic N) is 2. The molecule has 1 fully saturated rings. The summed E-state index contributed by atoms with van der Waals surface area (Å²) in [4.78, 5) is 28.6. The smallest absolute Gasteiger partial charge is 0.227 e. The molecule has 2 amide bonds. The number of carbonyl (C=O) groups excluding carboxylic acids is 2. The van der Waals surface area contributed by atoms with Crippen LogP contribution in [0, 0.1) is 0 Å². The zero-order valence-corrected chi connectivity index (χ0v) is 17.0. The van der Waals surface area contributed by atoms with E-state index in [1.54, 1.807) is 0 Å². The Balaban J connectivity index is 1.39. The van der Waals surface area contributed by atoms with Gasteiger partial charge in [0.2, 0.25) is 11.8 Å². The van der Waals surface area contributed by atoms with E-state index >= 15 is 0 Å². The number of hydrogen-bond acceptors (Lipinski definition) is 2. The minimum absolute atomic E-state index is 0.133. The van der Waals surface area contributed by atoms with E-state index in [1.165, 1.54) is 5.56 Å². The molecule has 0 bridgehead atoms. The van der Waals surface area contributed by atoms with E-state index in [2.05, 4.69) is 28.1 Å². The Morgan fingerprint density at radius 2 is 1.37 bits per heavy atom. The van der Waals surface area contributed by atoms with Crippen molar-refractivity contribution in [3.8, 4) is 0 Å². The second-order valence-electron chi connectivity index (χ2n) is 6.90. The molecule has 0 spiro atoms. The maximum Gasteiger partial charge on any atom is 0.227 e. The monoisotopic (exact) mass is 428 g/mol. The number of aryl methyl sites for hydroxylation is 1. The number of benzene rings is 2. The Morgan fingerprint density at radius 3 is 2.00 bits per heavy atom. The van der Waals surface area contributed by atoms with E-state index in [4.69, 9.17) is 0 Å². The molecule has 2 aromatic carbocycles. The lowest BCUT2D eigenvalue weighted by atomic mass is 10.1. The molecule has 5 heteroatoms. The minimum Gasteiger partial charge on any atom is -0.339 e. The minimum atomic E-state index is 0.133. The van der Waals surface area contributed by atoms with Crippen molar-refractivity contribution in [3.63, 3.8) is 0 Å². The number of hydrogen-bond donors (Lipinski definition) is 0. The van der Waals surface area contributed by atoms with Crippen LogP contribution in [0.2, 0.25) is 0 Å². The highest BCUT2D eigenvalue weighted by Crippen LogP contribution is 2.13. The summed E-state index contributed by atoms with van der Waals surface area (Å²) in [5, 5.41) is 0. The molecule has 0 atom stereocenters. The molecular weight excluding hydrogens is 404 g/mol. The summed E-state index contributed by atoms with van der Waals surface area (Å²) in [5.41, 5.74) is 2.29. The molecule has 1 aliphatic rings. The summed E-state index contributed by atoms with van der Waals surface area (Å²) < 4.78 is 1.01. The van der Waals surface area contributed by atoms with Crippen molar-refractivity contribution in [3.05, 3.63) is 70.2 Å². The third-order valence-electron chi connectivity index (χ3n) is 4.95. The standard InChI is InChI=1S/C22H25BrN2O2/c23-20-11-9-19(10-12-20)17-22(27)25-15-13-24(14-16-25)21(26)8-4-7-18-5-2-1-3-6-18/h1-3,5-6,9-12H,4,7-8,13-17H2. The molecule has 0 unspecified atom stereocenters.